The number of fused-ring (bicyclic) bond motifs is 1. The number of halogens is 2. The van der Waals surface area contributed by atoms with E-state index in [2.05, 4.69) is 15.9 Å². The lowest BCUT2D eigenvalue weighted by Crippen LogP contribution is -2.39. The van der Waals surface area contributed by atoms with Crippen molar-refractivity contribution in [1.29, 1.82) is 0 Å². The first-order chi connectivity index (χ1) is 10.1. The first-order valence-corrected chi connectivity index (χ1v) is 7.71. The third-order valence-electron chi connectivity index (χ3n) is 4.03. The van der Waals surface area contributed by atoms with E-state index in [1.165, 1.54) is 12.1 Å². The lowest BCUT2D eigenvalue weighted by molar-refractivity contribution is 0.0672. The highest BCUT2D eigenvalue weighted by molar-refractivity contribution is 9.10. The van der Waals surface area contributed by atoms with Crippen LogP contribution in [-0.4, -0.2) is 17.4 Å². The molecule has 1 aliphatic heterocycles. The summed E-state index contributed by atoms with van der Waals surface area (Å²) >= 11 is 3.51. The Morgan fingerprint density at radius 3 is 2.62 bits per heavy atom. The van der Waals surface area contributed by atoms with Crippen LogP contribution in [0.1, 0.15) is 34.5 Å². The van der Waals surface area contributed by atoms with Crippen LogP contribution >= 0.6 is 15.9 Å². The quantitative estimate of drug-likeness (QED) is 0.790. The Labute approximate surface area is 131 Å². The molecular weight excluding hydrogens is 333 g/mol. The molecule has 0 N–H and O–H groups in total. The molecule has 21 heavy (non-hydrogen) atoms. The van der Waals surface area contributed by atoms with Crippen LogP contribution in [0.3, 0.4) is 0 Å². The Hall–Kier alpha value is -1.68. The van der Waals surface area contributed by atoms with E-state index in [4.69, 9.17) is 0 Å². The van der Waals surface area contributed by atoms with Crippen molar-refractivity contribution >= 4 is 21.8 Å². The molecule has 2 aromatic carbocycles. The second-order valence-electron chi connectivity index (χ2n) is 5.24. The van der Waals surface area contributed by atoms with Crippen LogP contribution in [0, 0.1) is 5.82 Å². The van der Waals surface area contributed by atoms with Crippen LogP contribution in [0.5, 0.6) is 0 Å². The van der Waals surface area contributed by atoms with Crippen molar-refractivity contribution < 1.29 is 9.18 Å². The molecule has 1 aliphatic rings. The van der Waals surface area contributed by atoms with Crippen LogP contribution < -0.4 is 0 Å². The van der Waals surface area contributed by atoms with E-state index in [9.17, 15) is 9.18 Å². The van der Waals surface area contributed by atoms with Gasteiger partial charge in [0, 0.05) is 16.6 Å². The van der Waals surface area contributed by atoms with E-state index in [0.29, 0.717) is 6.54 Å². The maximum absolute atomic E-state index is 13.0. The molecule has 1 atom stereocenters. The van der Waals surface area contributed by atoms with Crippen molar-refractivity contribution in [3.8, 4) is 0 Å². The Balaban J connectivity index is 1.91. The molecule has 1 amide bonds. The van der Waals surface area contributed by atoms with E-state index in [1.807, 2.05) is 30.0 Å². The van der Waals surface area contributed by atoms with Crippen LogP contribution in [0.4, 0.5) is 4.39 Å². The van der Waals surface area contributed by atoms with E-state index in [1.54, 1.807) is 12.1 Å². The van der Waals surface area contributed by atoms with Gasteiger partial charge in [-0.3, -0.25) is 4.79 Å². The number of carbonyl (C=O) groups is 1. The van der Waals surface area contributed by atoms with Gasteiger partial charge in [0.25, 0.3) is 5.91 Å². The highest BCUT2D eigenvalue weighted by atomic mass is 79.9. The molecule has 0 saturated heterocycles. The van der Waals surface area contributed by atoms with E-state index in [0.717, 1.165) is 27.6 Å². The molecule has 1 heterocycles. The summed E-state index contributed by atoms with van der Waals surface area (Å²) in [6, 6.07) is 12.0. The molecule has 4 heteroatoms. The molecule has 0 bridgehead atoms. The van der Waals surface area contributed by atoms with Crippen molar-refractivity contribution in [1.82, 2.24) is 4.90 Å². The van der Waals surface area contributed by atoms with Crippen LogP contribution in [-0.2, 0) is 6.42 Å². The molecule has 0 saturated carbocycles. The third kappa shape index (κ3) is 2.60. The number of carbonyl (C=O) groups excluding carboxylic acids is 1. The minimum absolute atomic E-state index is 0.0365. The van der Waals surface area contributed by atoms with Gasteiger partial charge in [-0.05, 0) is 48.7 Å². The molecule has 0 fully saturated rings. The minimum Gasteiger partial charge on any atom is -0.332 e. The zero-order valence-corrected chi connectivity index (χ0v) is 13.2. The second kappa shape index (κ2) is 5.60. The molecular formula is C17H15BrFNO. The highest BCUT2D eigenvalue weighted by Gasteiger charge is 2.29. The summed E-state index contributed by atoms with van der Waals surface area (Å²) in [5.41, 5.74) is 2.78. The zero-order valence-electron chi connectivity index (χ0n) is 11.6. The van der Waals surface area contributed by atoms with Crippen LogP contribution in [0.15, 0.2) is 46.9 Å². The predicted molar refractivity (Wildman–Crippen MR) is 83.7 cm³/mol. The van der Waals surface area contributed by atoms with Gasteiger partial charge < -0.3 is 4.90 Å². The van der Waals surface area contributed by atoms with Gasteiger partial charge in [-0.25, -0.2) is 4.39 Å². The fourth-order valence-electron chi connectivity index (χ4n) is 2.79. The summed E-state index contributed by atoms with van der Waals surface area (Å²) in [5.74, 6) is -0.223. The Morgan fingerprint density at radius 2 is 1.90 bits per heavy atom. The first kappa shape index (κ1) is 14.3. The van der Waals surface area contributed by atoms with Crippen LogP contribution in [0.2, 0.25) is 0 Å². The van der Waals surface area contributed by atoms with Gasteiger partial charge in [-0.15, -0.1) is 0 Å². The summed E-state index contributed by atoms with van der Waals surface area (Å²) in [4.78, 5) is 14.5. The average molecular weight is 348 g/mol. The lowest BCUT2D eigenvalue weighted by Gasteiger charge is -2.34. The predicted octanol–water partition coefficient (Wildman–Crippen LogP) is 4.35. The van der Waals surface area contributed by atoms with Gasteiger partial charge in [0.1, 0.15) is 5.82 Å². The standard InChI is InChI=1S/C17H15BrFNO/c1-11(12-5-7-13(19)8-6-12)20-10-9-14-15(17(20)21)3-2-4-16(14)18/h2-8,11H,9-10H2,1H3. The van der Waals surface area contributed by atoms with Crippen molar-refractivity contribution in [2.75, 3.05) is 6.54 Å². The molecule has 0 aromatic heterocycles. The van der Waals surface area contributed by atoms with E-state index < -0.39 is 0 Å². The molecule has 108 valence electrons. The first-order valence-electron chi connectivity index (χ1n) is 6.92. The summed E-state index contributed by atoms with van der Waals surface area (Å²) in [6.45, 7) is 2.65. The molecule has 0 aliphatic carbocycles. The maximum atomic E-state index is 13.0. The number of hydrogen-bond donors (Lipinski definition) is 0. The zero-order chi connectivity index (χ0) is 15.0. The summed E-state index contributed by atoms with van der Waals surface area (Å²) in [7, 11) is 0. The number of nitrogens with zero attached hydrogens (tertiary/aromatic N) is 1. The Kier molecular flexibility index (Phi) is 3.81. The molecule has 2 nitrogen and oxygen atoms in total. The largest absolute Gasteiger partial charge is 0.332 e. The average Bonchev–Trinajstić information content (AvgIpc) is 2.49. The van der Waals surface area contributed by atoms with Crippen molar-refractivity contribution in [2.45, 2.75) is 19.4 Å². The van der Waals surface area contributed by atoms with E-state index in [-0.39, 0.29) is 17.8 Å². The molecule has 3 rings (SSSR count). The minimum atomic E-state index is -0.259. The van der Waals surface area contributed by atoms with Gasteiger partial charge in [-0.2, -0.15) is 0 Å². The Bertz CT molecular complexity index is 684. The van der Waals surface area contributed by atoms with Gasteiger partial charge in [0.05, 0.1) is 6.04 Å². The van der Waals surface area contributed by atoms with E-state index >= 15 is 0 Å². The second-order valence-corrected chi connectivity index (χ2v) is 6.10. The topological polar surface area (TPSA) is 20.3 Å². The number of amides is 1. The summed E-state index contributed by atoms with van der Waals surface area (Å²) in [5, 5.41) is 0. The fourth-order valence-corrected chi connectivity index (χ4v) is 3.36. The number of rotatable bonds is 2. The fraction of sp³-hybridized carbons (Fsp3) is 0.235. The van der Waals surface area contributed by atoms with Crippen molar-refractivity contribution in [3.05, 3.63) is 69.4 Å². The molecule has 1 unspecified atom stereocenters. The molecule has 2 aromatic rings. The molecule has 0 radical (unpaired) electrons. The maximum Gasteiger partial charge on any atom is 0.254 e. The van der Waals surface area contributed by atoms with Gasteiger partial charge in [-0.1, -0.05) is 34.1 Å². The van der Waals surface area contributed by atoms with Gasteiger partial charge >= 0.3 is 0 Å². The molecule has 0 spiro atoms. The monoisotopic (exact) mass is 347 g/mol. The Morgan fingerprint density at radius 1 is 1.19 bits per heavy atom. The van der Waals surface area contributed by atoms with Crippen LogP contribution in [0.25, 0.3) is 0 Å². The normalized spacial score (nSPS) is 15.8. The SMILES string of the molecule is CC(c1ccc(F)cc1)N1CCc2c(Br)cccc2C1=O. The van der Waals surface area contributed by atoms with Crippen molar-refractivity contribution in [3.63, 3.8) is 0 Å². The number of benzene rings is 2. The smallest absolute Gasteiger partial charge is 0.254 e. The summed E-state index contributed by atoms with van der Waals surface area (Å²) < 4.78 is 14.0. The van der Waals surface area contributed by atoms with Crippen molar-refractivity contribution in [2.24, 2.45) is 0 Å². The summed E-state index contributed by atoms with van der Waals surface area (Å²) in [6.07, 6.45) is 0.827. The lowest BCUT2D eigenvalue weighted by atomic mass is 9.96. The van der Waals surface area contributed by atoms with Gasteiger partial charge in [0.15, 0.2) is 0 Å². The van der Waals surface area contributed by atoms with Gasteiger partial charge in [0.2, 0.25) is 0 Å². The number of hydrogen-bond acceptors (Lipinski definition) is 1. The highest BCUT2D eigenvalue weighted by Crippen LogP contribution is 2.31. The third-order valence-corrected chi connectivity index (χ3v) is 4.78.